The summed E-state index contributed by atoms with van der Waals surface area (Å²) in [5.41, 5.74) is 1.15. The van der Waals surface area contributed by atoms with E-state index in [0.717, 1.165) is 11.8 Å². The molecule has 2 N–H and O–H groups in total. The van der Waals surface area contributed by atoms with Crippen LogP contribution in [0.2, 0.25) is 0 Å². The summed E-state index contributed by atoms with van der Waals surface area (Å²) < 4.78 is 10.2. The molecule has 0 fully saturated rings. The minimum Gasteiger partial charge on any atom is -0.508 e. The summed E-state index contributed by atoms with van der Waals surface area (Å²) in [5.74, 6) is -0.725. The van der Waals surface area contributed by atoms with Crippen LogP contribution in [0.3, 0.4) is 0 Å². The van der Waals surface area contributed by atoms with Crippen molar-refractivity contribution in [2.24, 2.45) is 0 Å². The molecule has 118 valence electrons. The molecule has 0 spiro atoms. The summed E-state index contributed by atoms with van der Waals surface area (Å²) in [4.78, 5) is 23.3. The molecule has 6 heteroatoms. The topological polar surface area (TPSA) is 88.8 Å². The number of amides is 1. The molecule has 2 aromatic rings. The highest BCUT2D eigenvalue weighted by atomic mass is 16.5. The third-order valence-corrected chi connectivity index (χ3v) is 3.36. The first-order valence-corrected chi connectivity index (χ1v) is 7.13. The standard InChI is InChI=1S/C16H19NO5/c1-3-10(2)17-15(19)9-22-16(20)6-11-8-21-14-7-12(18)4-5-13(11)14/h4-5,7-8,10,18H,3,6,9H2,1-2H3,(H,17,19)/t10-/m1/s1. The number of benzene rings is 1. The normalized spacial score (nSPS) is 12.1. The zero-order valence-electron chi connectivity index (χ0n) is 12.6. The molecule has 1 aromatic heterocycles. The fourth-order valence-corrected chi connectivity index (χ4v) is 1.98. The zero-order chi connectivity index (χ0) is 16.1. The van der Waals surface area contributed by atoms with E-state index < -0.39 is 5.97 Å². The number of phenols is 1. The van der Waals surface area contributed by atoms with Gasteiger partial charge in [-0.15, -0.1) is 0 Å². The van der Waals surface area contributed by atoms with Gasteiger partial charge in [-0.05, 0) is 25.5 Å². The molecule has 1 atom stereocenters. The highest BCUT2D eigenvalue weighted by Gasteiger charge is 2.14. The van der Waals surface area contributed by atoms with Crippen LogP contribution < -0.4 is 5.32 Å². The lowest BCUT2D eigenvalue weighted by Gasteiger charge is -2.11. The second-order valence-corrected chi connectivity index (χ2v) is 5.16. The molecule has 0 bridgehead atoms. The number of carbonyl (C=O) groups is 2. The van der Waals surface area contributed by atoms with E-state index >= 15 is 0 Å². The van der Waals surface area contributed by atoms with Gasteiger partial charge >= 0.3 is 5.97 Å². The van der Waals surface area contributed by atoms with Gasteiger partial charge in [0.25, 0.3) is 5.91 Å². The van der Waals surface area contributed by atoms with Gasteiger partial charge in [0.1, 0.15) is 11.3 Å². The Kier molecular flexibility index (Phi) is 5.04. The Bertz CT molecular complexity index is 676. The minimum absolute atomic E-state index is 0.00832. The Morgan fingerprint density at radius 1 is 1.41 bits per heavy atom. The van der Waals surface area contributed by atoms with Crippen LogP contribution in [-0.4, -0.2) is 29.6 Å². The number of aromatic hydroxyl groups is 1. The number of esters is 1. The van der Waals surface area contributed by atoms with Crippen LogP contribution in [0.5, 0.6) is 5.75 Å². The smallest absolute Gasteiger partial charge is 0.310 e. The van der Waals surface area contributed by atoms with Crippen LogP contribution in [0.25, 0.3) is 11.0 Å². The molecule has 0 aliphatic rings. The predicted octanol–water partition coefficient (Wildman–Crippen LogP) is 2.14. The lowest BCUT2D eigenvalue weighted by Crippen LogP contribution is -2.35. The lowest BCUT2D eigenvalue weighted by atomic mass is 10.1. The largest absolute Gasteiger partial charge is 0.508 e. The number of fused-ring (bicyclic) bond motifs is 1. The SMILES string of the molecule is CC[C@@H](C)NC(=O)COC(=O)Cc1coc2cc(O)ccc12. The van der Waals surface area contributed by atoms with Crippen molar-refractivity contribution in [2.75, 3.05) is 6.61 Å². The molecule has 0 saturated heterocycles. The van der Waals surface area contributed by atoms with E-state index in [-0.39, 0.29) is 30.7 Å². The number of phenolic OH excluding ortho intramolecular Hbond substituents is 1. The van der Waals surface area contributed by atoms with Crippen molar-refractivity contribution in [3.8, 4) is 5.75 Å². The van der Waals surface area contributed by atoms with Gasteiger partial charge in [0.15, 0.2) is 6.61 Å². The Morgan fingerprint density at radius 3 is 2.91 bits per heavy atom. The van der Waals surface area contributed by atoms with Gasteiger partial charge in [0.2, 0.25) is 0 Å². The van der Waals surface area contributed by atoms with Crippen molar-refractivity contribution >= 4 is 22.8 Å². The number of rotatable bonds is 6. The van der Waals surface area contributed by atoms with E-state index in [2.05, 4.69) is 5.32 Å². The van der Waals surface area contributed by atoms with Crippen molar-refractivity contribution in [1.82, 2.24) is 5.32 Å². The maximum Gasteiger partial charge on any atom is 0.310 e. The van der Waals surface area contributed by atoms with Gasteiger partial charge in [0.05, 0.1) is 12.7 Å². The molecule has 0 unspecified atom stereocenters. The number of carbonyl (C=O) groups excluding carboxylic acids is 2. The Hall–Kier alpha value is -2.50. The van der Waals surface area contributed by atoms with Gasteiger partial charge in [-0.2, -0.15) is 0 Å². The first-order chi connectivity index (χ1) is 10.5. The van der Waals surface area contributed by atoms with Crippen molar-refractivity contribution < 1.29 is 23.8 Å². The van der Waals surface area contributed by atoms with Crippen molar-refractivity contribution in [1.29, 1.82) is 0 Å². The number of hydrogen-bond donors (Lipinski definition) is 2. The molecule has 6 nitrogen and oxygen atoms in total. The average molecular weight is 305 g/mol. The fourth-order valence-electron chi connectivity index (χ4n) is 1.98. The quantitative estimate of drug-likeness (QED) is 0.798. The van der Waals surface area contributed by atoms with Crippen LogP contribution in [-0.2, 0) is 20.7 Å². The highest BCUT2D eigenvalue weighted by molar-refractivity contribution is 5.87. The number of ether oxygens (including phenoxy) is 1. The molecule has 2 rings (SSSR count). The monoisotopic (exact) mass is 305 g/mol. The van der Waals surface area contributed by atoms with E-state index in [1.807, 2.05) is 13.8 Å². The summed E-state index contributed by atoms with van der Waals surface area (Å²) >= 11 is 0. The van der Waals surface area contributed by atoms with Crippen molar-refractivity contribution in [3.63, 3.8) is 0 Å². The first kappa shape index (κ1) is 15.9. The molecule has 22 heavy (non-hydrogen) atoms. The maximum absolute atomic E-state index is 11.8. The molecule has 1 heterocycles. The first-order valence-electron chi connectivity index (χ1n) is 7.13. The second-order valence-electron chi connectivity index (χ2n) is 5.16. The van der Waals surface area contributed by atoms with Crippen LogP contribution in [0.4, 0.5) is 0 Å². The van der Waals surface area contributed by atoms with Gasteiger partial charge in [-0.3, -0.25) is 9.59 Å². The average Bonchev–Trinajstić information content (AvgIpc) is 2.87. The van der Waals surface area contributed by atoms with Crippen LogP contribution in [0, 0.1) is 0 Å². The molecular formula is C16H19NO5. The van der Waals surface area contributed by atoms with Gasteiger partial charge in [-0.1, -0.05) is 6.92 Å². The van der Waals surface area contributed by atoms with E-state index in [0.29, 0.717) is 11.1 Å². The van der Waals surface area contributed by atoms with Crippen LogP contribution in [0.15, 0.2) is 28.9 Å². The van der Waals surface area contributed by atoms with E-state index in [9.17, 15) is 14.7 Å². The van der Waals surface area contributed by atoms with Gasteiger partial charge < -0.3 is 19.6 Å². The summed E-state index contributed by atoms with van der Waals surface area (Å²) in [6.07, 6.45) is 2.27. The van der Waals surface area contributed by atoms with Crippen molar-refractivity contribution in [3.05, 3.63) is 30.0 Å². The summed E-state index contributed by atoms with van der Waals surface area (Å²) in [7, 11) is 0. The second kappa shape index (κ2) is 6.98. The van der Waals surface area contributed by atoms with Gasteiger partial charge in [0, 0.05) is 23.1 Å². The summed E-state index contributed by atoms with van der Waals surface area (Å²) in [5, 5.41) is 12.8. The fraction of sp³-hybridized carbons (Fsp3) is 0.375. The third kappa shape index (κ3) is 4.00. The van der Waals surface area contributed by atoms with Crippen LogP contribution >= 0.6 is 0 Å². The molecule has 0 aliphatic heterocycles. The molecule has 0 aliphatic carbocycles. The Morgan fingerprint density at radius 2 is 2.18 bits per heavy atom. The number of nitrogens with one attached hydrogen (secondary N) is 1. The number of furan rings is 1. The Labute approximate surface area is 128 Å². The highest BCUT2D eigenvalue weighted by Crippen LogP contribution is 2.25. The Balaban J connectivity index is 1.90. The minimum atomic E-state index is -0.505. The molecule has 1 amide bonds. The zero-order valence-corrected chi connectivity index (χ0v) is 12.6. The molecule has 0 saturated carbocycles. The molecule has 0 radical (unpaired) electrons. The summed E-state index contributed by atoms with van der Waals surface area (Å²) in [6, 6.07) is 4.72. The molecule has 1 aromatic carbocycles. The maximum atomic E-state index is 11.8. The molecular weight excluding hydrogens is 286 g/mol. The van der Waals surface area contributed by atoms with Crippen molar-refractivity contribution in [2.45, 2.75) is 32.7 Å². The number of hydrogen-bond acceptors (Lipinski definition) is 5. The lowest BCUT2D eigenvalue weighted by molar-refractivity contribution is -0.148. The summed E-state index contributed by atoms with van der Waals surface area (Å²) in [6.45, 7) is 3.55. The predicted molar refractivity (Wildman–Crippen MR) is 80.4 cm³/mol. The third-order valence-electron chi connectivity index (χ3n) is 3.36. The van der Waals surface area contributed by atoms with E-state index in [1.165, 1.54) is 18.4 Å². The van der Waals surface area contributed by atoms with E-state index in [4.69, 9.17) is 9.15 Å². The van der Waals surface area contributed by atoms with Crippen LogP contribution in [0.1, 0.15) is 25.8 Å². The van der Waals surface area contributed by atoms with Gasteiger partial charge in [-0.25, -0.2) is 0 Å². The van der Waals surface area contributed by atoms with E-state index in [1.54, 1.807) is 6.07 Å².